The number of fused-ring (bicyclic) bond motifs is 2. The van der Waals surface area contributed by atoms with E-state index in [-0.39, 0.29) is 24.0 Å². The van der Waals surface area contributed by atoms with Gasteiger partial charge in [-0.2, -0.15) is 0 Å². The van der Waals surface area contributed by atoms with Crippen molar-refractivity contribution < 1.29 is 18.9 Å². The molecule has 2 N–H and O–H groups in total. The van der Waals surface area contributed by atoms with Crippen LogP contribution in [0.3, 0.4) is 0 Å². The Labute approximate surface area is 187 Å². The lowest BCUT2D eigenvalue weighted by Gasteiger charge is -2.11. The van der Waals surface area contributed by atoms with Gasteiger partial charge in [0.25, 0.3) is 0 Å². The summed E-state index contributed by atoms with van der Waals surface area (Å²) in [5.41, 5.74) is 2.39. The third-order valence-electron chi connectivity index (χ3n) is 4.59. The van der Waals surface area contributed by atoms with Crippen LogP contribution in [0.1, 0.15) is 18.1 Å². The molecule has 0 spiro atoms. The maximum absolute atomic E-state index is 5.43. The summed E-state index contributed by atoms with van der Waals surface area (Å²) in [6.45, 7) is 4.97. The molecule has 2 heterocycles. The van der Waals surface area contributed by atoms with Crippen molar-refractivity contribution in [3.05, 3.63) is 47.5 Å². The molecule has 2 aliphatic heterocycles. The highest BCUT2D eigenvalue weighted by Crippen LogP contribution is 2.33. The lowest BCUT2D eigenvalue weighted by Crippen LogP contribution is -2.38. The van der Waals surface area contributed by atoms with Crippen LogP contribution < -0.4 is 29.6 Å². The van der Waals surface area contributed by atoms with Gasteiger partial charge in [-0.3, -0.25) is 4.99 Å². The Bertz CT molecular complexity index is 860. The molecule has 0 amide bonds. The maximum atomic E-state index is 5.43. The van der Waals surface area contributed by atoms with Crippen molar-refractivity contribution >= 4 is 29.9 Å². The van der Waals surface area contributed by atoms with Gasteiger partial charge in [-0.1, -0.05) is 12.1 Å². The predicted molar refractivity (Wildman–Crippen MR) is 122 cm³/mol. The maximum Gasteiger partial charge on any atom is 0.231 e. The van der Waals surface area contributed by atoms with Crippen LogP contribution in [0, 0.1) is 0 Å². The second-order valence-electron chi connectivity index (χ2n) is 6.56. The van der Waals surface area contributed by atoms with Crippen molar-refractivity contribution in [2.24, 2.45) is 4.99 Å². The van der Waals surface area contributed by atoms with Gasteiger partial charge in [0.1, 0.15) is 0 Å². The summed E-state index contributed by atoms with van der Waals surface area (Å²) >= 11 is 0. The zero-order chi connectivity index (χ0) is 19.2. The summed E-state index contributed by atoms with van der Waals surface area (Å²) in [5, 5.41) is 6.67. The minimum absolute atomic E-state index is 0. The normalized spacial score (nSPS) is 13.8. The Balaban J connectivity index is 0.00000240. The van der Waals surface area contributed by atoms with Crippen LogP contribution in [0.2, 0.25) is 0 Å². The molecule has 29 heavy (non-hydrogen) atoms. The molecule has 0 aromatic heterocycles. The Hall–Kier alpha value is -2.36. The van der Waals surface area contributed by atoms with E-state index in [0.717, 1.165) is 54.9 Å². The number of benzene rings is 2. The van der Waals surface area contributed by atoms with E-state index < -0.39 is 0 Å². The van der Waals surface area contributed by atoms with Gasteiger partial charge in [0.15, 0.2) is 29.0 Å². The molecule has 156 valence electrons. The summed E-state index contributed by atoms with van der Waals surface area (Å²) in [6.07, 6.45) is 1.72. The summed E-state index contributed by atoms with van der Waals surface area (Å²) in [6, 6.07) is 12.1. The number of hydrogen-bond donors (Lipinski definition) is 2. The highest BCUT2D eigenvalue weighted by molar-refractivity contribution is 14.0. The quantitative estimate of drug-likeness (QED) is 0.338. The first kappa shape index (κ1) is 21.4. The smallest absolute Gasteiger partial charge is 0.231 e. The summed E-state index contributed by atoms with van der Waals surface area (Å²) < 4.78 is 21.6. The third-order valence-corrected chi connectivity index (χ3v) is 4.59. The average Bonchev–Trinajstić information content (AvgIpc) is 3.36. The van der Waals surface area contributed by atoms with E-state index in [1.54, 1.807) is 0 Å². The van der Waals surface area contributed by atoms with Gasteiger partial charge in [0.2, 0.25) is 13.6 Å². The van der Waals surface area contributed by atoms with E-state index in [1.165, 1.54) is 11.1 Å². The SMILES string of the molecule is CCNC(=NCCc1ccc2c(c1)OCO2)NCCc1ccc2c(c1)OCO2.I. The Morgan fingerprint density at radius 1 is 0.828 bits per heavy atom. The lowest BCUT2D eigenvalue weighted by molar-refractivity contribution is 0.173. The molecule has 2 aromatic carbocycles. The van der Waals surface area contributed by atoms with Crippen LogP contribution in [0.4, 0.5) is 0 Å². The van der Waals surface area contributed by atoms with Crippen molar-refractivity contribution in [1.82, 2.24) is 10.6 Å². The predicted octanol–water partition coefficient (Wildman–Crippen LogP) is 3.10. The van der Waals surface area contributed by atoms with Gasteiger partial charge in [-0.15, -0.1) is 24.0 Å². The molecule has 0 saturated heterocycles. The Morgan fingerprint density at radius 2 is 1.41 bits per heavy atom. The first-order valence-corrected chi connectivity index (χ1v) is 9.61. The summed E-state index contributed by atoms with van der Waals surface area (Å²) in [7, 11) is 0. The van der Waals surface area contributed by atoms with Crippen LogP contribution >= 0.6 is 24.0 Å². The number of ether oxygens (including phenoxy) is 4. The highest BCUT2D eigenvalue weighted by atomic mass is 127. The van der Waals surface area contributed by atoms with Gasteiger partial charge in [-0.25, -0.2) is 0 Å². The minimum Gasteiger partial charge on any atom is -0.454 e. The molecule has 0 atom stereocenters. The molecule has 0 aliphatic carbocycles. The third kappa shape index (κ3) is 5.59. The number of hydrogen-bond acceptors (Lipinski definition) is 5. The number of aliphatic imine (C=N–C) groups is 1. The number of nitrogens with one attached hydrogen (secondary N) is 2. The number of rotatable bonds is 7. The van der Waals surface area contributed by atoms with Gasteiger partial charge in [-0.05, 0) is 55.2 Å². The fraction of sp³-hybridized carbons (Fsp3) is 0.381. The van der Waals surface area contributed by atoms with E-state index in [2.05, 4.69) is 34.7 Å². The van der Waals surface area contributed by atoms with Crippen molar-refractivity contribution in [1.29, 1.82) is 0 Å². The standard InChI is InChI=1S/C21H25N3O4.HI/c1-2-22-21(23-9-7-15-3-5-17-19(11-15)27-13-25-17)24-10-8-16-4-6-18-20(12-16)28-14-26-18;/h3-6,11-12H,2,7-10,13-14H2,1H3,(H2,22,23,24);1H. The van der Waals surface area contributed by atoms with Crippen molar-refractivity contribution in [3.63, 3.8) is 0 Å². The van der Waals surface area contributed by atoms with E-state index in [1.807, 2.05) is 24.3 Å². The zero-order valence-electron chi connectivity index (χ0n) is 16.4. The Kier molecular flexibility index (Phi) is 7.68. The van der Waals surface area contributed by atoms with Gasteiger partial charge in [0, 0.05) is 19.6 Å². The molecule has 0 bridgehead atoms. The second-order valence-corrected chi connectivity index (χ2v) is 6.56. The fourth-order valence-corrected chi connectivity index (χ4v) is 3.16. The molecule has 2 aliphatic rings. The molecule has 7 nitrogen and oxygen atoms in total. The van der Waals surface area contributed by atoms with E-state index in [4.69, 9.17) is 18.9 Å². The van der Waals surface area contributed by atoms with Gasteiger partial charge in [0.05, 0.1) is 0 Å². The second kappa shape index (κ2) is 10.4. The largest absolute Gasteiger partial charge is 0.454 e. The lowest BCUT2D eigenvalue weighted by atomic mass is 10.1. The van der Waals surface area contributed by atoms with Crippen molar-refractivity contribution in [3.8, 4) is 23.0 Å². The molecule has 0 saturated carbocycles. The van der Waals surface area contributed by atoms with E-state index in [0.29, 0.717) is 20.1 Å². The van der Waals surface area contributed by atoms with Crippen LogP contribution in [0.5, 0.6) is 23.0 Å². The van der Waals surface area contributed by atoms with Crippen molar-refractivity contribution in [2.75, 3.05) is 33.2 Å². The van der Waals surface area contributed by atoms with Crippen LogP contribution in [0.15, 0.2) is 41.4 Å². The monoisotopic (exact) mass is 511 g/mol. The van der Waals surface area contributed by atoms with Crippen molar-refractivity contribution in [2.45, 2.75) is 19.8 Å². The fourth-order valence-electron chi connectivity index (χ4n) is 3.16. The molecular formula is C21H26IN3O4. The molecule has 0 unspecified atom stereocenters. The van der Waals surface area contributed by atoms with Gasteiger partial charge >= 0.3 is 0 Å². The number of halogens is 1. The number of nitrogens with zero attached hydrogens (tertiary/aromatic N) is 1. The zero-order valence-corrected chi connectivity index (χ0v) is 18.7. The molecule has 0 radical (unpaired) electrons. The topological polar surface area (TPSA) is 73.3 Å². The molecule has 2 aromatic rings. The number of guanidine groups is 1. The highest BCUT2D eigenvalue weighted by Gasteiger charge is 2.14. The first-order chi connectivity index (χ1) is 13.8. The first-order valence-electron chi connectivity index (χ1n) is 9.61. The molecular weight excluding hydrogens is 485 g/mol. The Morgan fingerprint density at radius 3 is 2.03 bits per heavy atom. The van der Waals surface area contributed by atoms with Crippen LogP contribution in [0.25, 0.3) is 0 Å². The van der Waals surface area contributed by atoms with Crippen LogP contribution in [-0.2, 0) is 12.8 Å². The average molecular weight is 511 g/mol. The molecule has 0 fully saturated rings. The minimum atomic E-state index is 0. The summed E-state index contributed by atoms with van der Waals surface area (Å²) in [4.78, 5) is 4.67. The van der Waals surface area contributed by atoms with Crippen LogP contribution in [-0.4, -0.2) is 39.2 Å². The molecule has 4 rings (SSSR count). The molecule has 8 heteroatoms. The van der Waals surface area contributed by atoms with E-state index >= 15 is 0 Å². The van der Waals surface area contributed by atoms with Gasteiger partial charge < -0.3 is 29.6 Å². The summed E-state index contributed by atoms with van der Waals surface area (Å²) in [5.74, 6) is 4.09. The van der Waals surface area contributed by atoms with E-state index in [9.17, 15) is 0 Å².